The Hall–Kier alpha value is 2.21. The molecule has 0 amide bonds. The van der Waals surface area contributed by atoms with Gasteiger partial charge in [0.05, 0.1) is 0 Å². The maximum Gasteiger partial charge on any atom is 1.00 e. The number of aliphatic carboxylic acids is 2. The molecule has 34 heavy (non-hydrogen) atoms. The Morgan fingerprint density at radius 3 is 0.735 bits per heavy atom. The van der Waals surface area contributed by atoms with Crippen LogP contribution in [0.2, 0.25) is 0 Å². The van der Waals surface area contributed by atoms with Gasteiger partial charge >= 0.3 is 103 Å². The zero-order valence-electron chi connectivity index (χ0n) is 23.6. The summed E-state index contributed by atoms with van der Waals surface area (Å²) < 4.78 is 0. The summed E-state index contributed by atoms with van der Waals surface area (Å²) in [5, 5.41) is 20.3. The average Bonchev–Trinajstić information content (AvgIpc) is 2.76. The third kappa shape index (κ3) is 47.4. The summed E-state index contributed by atoms with van der Waals surface area (Å²) in [6.45, 7) is 4.49. The van der Waals surface area contributed by atoms with Gasteiger partial charge in [0, 0.05) is 11.9 Å². The monoisotopic (exact) mass is 532 g/mol. The van der Waals surface area contributed by atoms with Gasteiger partial charge < -0.3 is 19.8 Å². The van der Waals surface area contributed by atoms with Gasteiger partial charge in [-0.05, 0) is 25.7 Å². The normalized spacial score (nSPS) is 9.94. The molecule has 0 aliphatic rings. The van der Waals surface area contributed by atoms with E-state index in [1.54, 1.807) is 0 Å². The standard InChI is InChI=1S/2C14H28O2.2K/c2*1-2-3-4-5-6-7-8-9-10-11-12-13-14(15)16;;/h2*2-13H2,1H3,(H,15,16);;/q;;2*+1/p-2. The van der Waals surface area contributed by atoms with E-state index in [0.717, 1.165) is 25.7 Å². The molecule has 0 aliphatic carbocycles. The molecule has 0 aromatic carbocycles. The minimum Gasteiger partial charge on any atom is -0.550 e. The third-order valence-corrected chi connectivity index (χ3v) is 5.97. The van der Waals surface area contributed by atoms with Gasteiger partial charge in [0.2, 0.25) is 0 Å². The number of carbonyl (C=O) groups excluding carboxylic acids is 2. The molecule has 192 valence electrons. The van der Waals surface area contributed by atoms with E-state index in [0.29, 0.717) is 0 Å². The van der Waals surface area contributed by atoms with Gasteiger partial charge in [-0.1, -0.05) is 142 Å². The summed E-state index contributed by atoms with van der Waals surface area (Å²) >= 11 is 0. The molecule has 0 radical (unpaired) electrons. The molecule has 0 aromatic heterocycles. The molecule has 0 saturated heterocycles. The van der Waals surface area contributed by atoms with Crippen molar-refractivity contribution in [3.8, 4) is 0 Å². The van der Waals surface area contributed by atoms with E-state index >= 15 is 0 Å². The molecule has 4 nitrogen and oxygen atoms in total. The maximum atomic E-state index is 10.1. The van der Waals surface area contributed by atoms with Gasteiger partial charge in [-0.15, -0.1) is 0 Å². The van der Waals surface area contributed by atoms with Crippen LogP contribution in [0.1, 0.15) is 168 Å². The minimum absolute atomic E-state index is 0. The predicted octanol–water partition coefficient (Wildman–Crippen LogP) is 0.883. The minimum atomic E-state index is -0.907. The summed E-state index contributed by atoms with van der Waals surface area (Å²) in [4.78, 5) is 20.3. The van der Waals surface area contributed by atoms with Crippen LogP contribution in [0.4, 0.5) is 0 Å². The average molecular weight is 533 g/mol. The van der Waals surface area contributed by atoms with Crippen molar-refractivity contribution in [2.24, 2.45) is 0 Å². The fourth-order valence-electron chi connectivity index (χ4n) is 3.87. The maximum absolute atomic E-state index is 10.1. The number of hydrogen-bond acceptors (Lipinski definition) is 4. The number of rotatable bonds is 24. The van der Waals surface area contributed by atoms with E-state index in [9.17, 15) is 19.8 Å². The molecule has 0 fully saturated rings. The molecule has 0 N–H and O–H groups in total. The van der Waals surface area contributed by atoms with Crippen LogP contribution in [0.3, 0.4) is 0 Å². The van der Waals surface area contributed by atoms with Crippen LogP contribution in [0.15, 0.2) is 0 Å². The second kappa shape index (κ2) is 39.7. The van der Waals surface area contributed by atoms with Gasteiger partial charge in [-0.3, -0.25) is 0 Å². The first-order valence-electron chi connectivity index (χ1n) is 13.9. The molecule has 0 spiro atoms. The van der Waals surface area contributed by atoms with Crippen LogP contribution in [0, 0.1) is 0 Å². The van der Waals surface area contributed by atoms with E-state index in [4.69, 9.17) is 0 Å². The Kier molecular flexibility index (Phi) is 50.6. The van der Waals surface area contributed by atoms with E-state index in [-0.39, 0.29) is 116 Å². The van der Waals surface area contributed by atoms with Crippen molar-refractivity contribution >= 4 is 11.9 Å². The third-order valence-electron chi connectivity index (χ3n) is 5.97. The first-order chi connectivity index (χ1) is 15.5. The zero-order chi connectivity index (χ0) is 24.1. The zero-order valence-corrected chi connectivity index (χ0v) is 29.8. The van der Waals surface area contributed by atoms with Crippen molar-refractivity contribution in [1.29, 1.82) is 0 Å². The van der Waals surface area contributed by atoms with Crippen LogP contribution < -0.4 is 113 Å². The van der Waals surface area contributed by atoms with Gasteiger partial charge in [-0.25, -0.2) is 0 Å². The Morgan fingerprint density at radius 1 is 0.382 bits per heavy atom. The van der Waals surface area contributed by atoms with Gasteiger partial charge in [0.1, 0.15) is 0 Å². The smallest absolute Gasteiger partial charge is 0.550 e. The van der Waals surface area contributed by atoms with E-state index < -0.39 is 11.9 Å². The Balaban J connectivity index is -0.000000250. The summed E-state index contributed by atoms with van der Waals surface area (Å²) in [6.07, 6.45) is 28.1. The Bertz CT molecular complexity index is 357. The first-order valence-corrected chi connectivity index (χ1v) is 13.9. The van der Waals surface area contributed by atoms with Gasteiger partial charge in [0.25, 0.3) is 0 Å². The molecule has 0 unspecified atom stereocenters. The van der Waals surface area contributed by atoms with Crippen molar-refractivity contribution < 1.29 is 123 Å². The molecule has 0 aromatic rings. The summed E-state index contributed by atoms with van der Waals surface area (Å²) in [6, 6.07) is 0. The van der Waals surface area contributed by atoms with Crippen molar-refractivity contribution in [2.75, 3.05) is 0 Å². The molecule has 0 atom stereocenters. The number of hydrogen-bond donors (Lipinski definition) is 0. The van der Waals surface area contributed by atoms with Gasteiger partial charge in [-0.2, -0.15) is 0 Å². The van der Waals surface area contributed by atoms with Crippen LogP contribution in [-0.4, -0.2) is 11.9 Å². The summed E-state index contributed by atoms with van der Waals surface area (Å²) in [5.74, 6) is -1.81. The SMILES string of the molecule is CCCCCCCCCCCCCC(=O)[O-].CCCCCCCCCCCCCC(=O)[O-].[K+].[K+]. The molecular formula is C28H54K2O4. The van der Waals surface area contributed by atoms with Crippen molar-refractivity contribution in [3.05, 3.63) is 0 Å². The quantitative estimate of drug-likeness (QED) is 0.137. The number of unbranched alkanes of at least 4 members (excludes halogenated alkanes) is 20. The largest absolute Gasteiger partial charge is 1.00 e. The van der Waals surface area contributed by atoms with E-state index in [2.05, 4.69) is 13.8 Å². The Labute approximate surface area is 297 Å². The second-order valence-electron chi connectivity index (χ2n) is 9.32. The molecule has 6 heteroatoms. The van der Waals surface area contributed by atoms with Crippen LogP contribution in [-0.2, 0) is 9.59 Å². The first kappa shape index (κ1) is 43.3. The molecule has 0 bridgehead atoms. The van der Waals surface area contributed by atoms with Crippen molar-refractivity contribution in [3.63, 3.8) is 0 Å². The van der Waals surface area contributed by atoms with Crippen molar-refractivity contribution in [1.82, 2.24) is 0 Å². The van der Waals surface area contributed by atoms with Crippen LogP contribution >= 0.6 is 0 Å². The fourth-order valence-corrected chi connectivity index (χ4v) is 3.87. The topological polar surface area (TPSA) is 80.3 Å². The van der Waals surface area contributed by atoms with E-state index in [1.807, 2.05) is 0 Å². The molecule has 0 aliphatic heterocycles. The molecule has 0 heterocycles. The molecular weight excluding hydrogens is 479 g/mol. The van der Waals surface area contributed by atoms with Crippen LogP contribution in [0.5, 0.6) is 0 Å². The second-order valence-corrected chi connectivity index (χ2v) is 9.32. The Morgan fingerprint density at radius 2 is 0.559 bits per heavy atom. The van der Waals surface area contributed by atoms with Gasteiger partial charge in [0.15, 0.2) is 0 Å². The number of carboxylic acids is 2. The molecule has 0 rings (SSSR count). The summed E-state index contributed by atoms with van der Waals surface area (Å²) in [5.41, 5.74) is 0. The number of carboxylic acid groups (broad SMARTS) is 2. The number of carbonyl (C=O) groups is 2. The predicted molar refractivity (Wildman–Crippen MR) is 132 cm³/mol. The summed E-state index contributed by atoms with van der Waals surface area (Å²) in [7, 11) is 0. The van der Waals surface area contributed by atoms with Crippen molar-refractivity contribution in [2.45, 2.75) is 168 Å². The van der Waals surface area contributed by atoms with E-state index in [1.165, 1.54) is 116 Å². The molecule has 0 saturated carbocycles. The van der Waals surface area contributed by atoms with Crippen LogP contribution in [0.25, 0.3) is 0 Å². The fraction of sp³-hybridized carbons (Fsp3) is 0.929.